The average molecular weight is 408 g/mol. The highest BCUT2D eigenvalue weighted by molar-refractivity contribution is 6.07. The maximum absolute atomic E-state index is 12.0. The Morgan fingerprint density at radius 1 is 1.23 bits per heavy atom. The van der Waals surface area contributed by atoms with Gasteiger partial charge in [-0.25, -0.2) is 10.9 Å². The molecule has 0 saturated carbocycles. The highest BCUT2D eigenvalue weighted by Crippen LogP contribution is 2.28. The normalized spacial score (nSPS) is 15.6. The van der Waals surface area contributed by atoms with Gasteiger partial charge in [-0.1, -0.05) is 30.3 Å². The van der Waals surface area contributed by atoms with Crippen LogP contribution in [0, 0.1) is 5.92 Å². The van der Waals surface area contributed by atoms with E-state index < -0.39 is 0 Å². The van der Waals surface area contributed by atoms with Crippen molar-refractivity contribution in [1.82, 2.24) is 10.9 Å². The van der Waals surface area contributed by atoms with Crippen LogP contribution in [-0.2, 0) is 16.2 Å². The van der Waals surface area contributed by atoms with Gasteiger partial charge in [-0.15, -0.1) is 0 Å². The maximum Gasteiger partial charge on any atom is 0.248 e. The lowest BCUT2D eigenvalue weighted by molar-refractivity contribution is -0.123. The molecule has 0 bridgehead atoms. The Balaban J connectivity index is 1.53. The summed E-state index contributed by atoms with van der Waals surface area (Å²) in [7, 11) is 1.58. The Labute approximate surface area is 175 Å². The molecule has 1 atom stereocenters. The van der Waals surface area contributed by atoms with E-state index in [0.717, 1.165) is 11.1 Å². The molecule has 2 N–H and O–H groups in total. The molecule has 8 nitrogen and oxygen atoms in total. The van der Waals surface area contributed by atoms with Crippen LogP contribution in [0.2, 0.25) is 0 Å². The fraction of sp³-hybridized carbons (Fsp3) is 0.273. The summed E-state index contributed by atoms with van der Waals surface area (Å²) in [5.41, 5.74) is 7.37. The first-order chi connectivity index (χ1) is 14.6. The summed E-state index contributed by atoms with van der Waals surface area (Å²) in [5, 5.41) is 7.86. The van der Waals surface area contributed by atoms with Crippen LogP contribution in [0.15, 0.2) is 58.7 Å². The van der Waals surface area contributed by atoms with Gasteiger partial charge in [-0.2, -0.15) is 10.2 Å². The Hall–Kier alpha value is -3.68. The SMILES string of the molecule is COc1ccc(/C=N/NC(=O)CCC2C(=O)NN=C2C)cc1OCc1ccccc1. The van der Waals surface area contributed by atoms with Crippen LogP contribution >= 0.6 is 0 Å². The van der Waals surface area contributed by atoms with Gasteiger partial charge in [0.15, 0.2) is 11.5 Å². The Morgan fingerprint density at radius 3 is 2.73 bits per heavy atom. The van der Waals surface area contributed by atoms with E-state index in [4.69, 9.17) is 9.47 Å². The largest absolute Gasteiger partial charge is 0.493 e. The third kappa shape index (κ3) is 5.66. The van der Waals surface area contributed by atoms with Gasteiger partial charge < -0.3 is 9.47 Å². The highest BCUT2D eigenvalue weighted by atomic mass is 16.5. The van der Waals surface area contributed by atoms with Gasteiger partial charge in [-0.05, 0) is 42.7 Å². The number of carbonyl (C=O) groups is 2. The Bertz CT molecular complexity index is 957. The van der Waals surface area contributed by atoms with E-state index in [2.05, 4.69) is 21.1 Å². The lowest BCUT2D eigenvalue weighted by Crippen LogP contribution is -2.25. The van der Waals surface area contributed by atoms with E-state index in [1.54, 1.807) is 26.2 Å². The zero-order chi connectivity index (χ0) is 21.3. The zero-order valence-electron chi connectivity index (χ0n) is 16.9. The minimum Gasteiger partial charge on any atom is -0.493 e. The molecular weight excluding hydrogens is 384 g/mol. The molecule has 2 aromatic rings. The maximum atomic E-state index is 12.0. The number of carbonyl (C=O) groups excluding carboxylic acids is 2. The average Bonchev–Trinajstić information content (AvgIpc) is 3.09. The molecule has 1 heterocycles. The van der Waals surface area contributed by atoms with Crippen LogP contribution in [0.4, 0.5) is 0 Å². The standard InChI is InChI=1S/C22H24N4O4/c1-15-18(22(28)26-24-15)9-11-21(27)25-23-13-17-8-10-19(29-2)20(12-17)30-14-16-6-4-3-5-7-16/h3-8,10,12-13,18H,9,11,14H2,1-2H3,(H,25,27)(H,26,28)/b23-13+. The second-order valence-electron chi connectivity index (χ2n) is 6.80. The first kappa shape index (κ1) is 21.0. The van der Waals surface area contributed by atoms with Crippen molar-refractivity contribution in [3.8, 4) is 11.5 Å². The lowest BCUT2D eigenvalue weighted by Gasteiger charge is -2.11. The third-order valence-electron chi connectivity index (χ3n) is 4.65. The van der Waals surface area contributed by atoms with Gasteiger partial charge in [0, 0.05) is 12.1 Å². The molecule has 1 aliphatic heterocycles. The van der Waals surface area contributed by atoms with Crippen molar-refractivity contribution >= 4 is 23.7 Å². The summed E-state index contributed by atoms with van der Waals surface area (Å²) in [4.78, 5) is 23.6. The second kappa shape index (κ2) is 10.2. The smallest absolute Gasteiger partial charge is 0.248 e. The fourth-order valence-corrected chi connectivity index (χ4v) is 2.96. The molecule has 2 amide bonds. The van der Waals surface area contributed by atoms with Crippen LogP contribution in [0.3, 0.4) is 0 Å². The molecule has 0 spiro atoms. The molecule has 0 saturated heterocycles. The molecule has 3 rings (SSSR count). The minimum absolute atomic E-state index is 0.176. The predicted molar refractivity (Wildman–Crippen MR) is 113 cm³/mol. The number of hydrazone groups is 2. The van der Waals surface area contributed by atoms with Crippen molar-refractivity contribution in [3.05, 3.63) is 59.7 Å². The molecule has 0 aromatic heterocycles. The number of hydrogen-bond acceptors (Lipinski definition) is 6. The summed E-state index contributed by atoms with van der Waals surface area (Å²) in [5.74, 6) is 0.390. The van der Waals surface area contributed by atoms with Gasteiger partial charge in [0.1, 0.15) is 6.61 Å². The number of ether oxygens (including phenoxy) is 2. The molecular formula is C22H24N4O4. The van der Waals surface area contributed by atoms with Gasteiger partial charge >= 0.3 is 0 Å². The molecule has 1 aliphatic rings. The van der Waals surface area contributed by atoms with Crippen molar-refractivity contribution in [2.75, 3.05) is 7.11 Å². The van der Waals surface area contributed by atoms with E-state index in [9.17, 15) is 9.59 Å². The lowest BCUT2D eigenvalue weighted by atomic mass is 9.99. The van der Waals surface area contributed by atoms with Crippen LogP contribution in [0.5, 0.6) is 11.5 Å². The minimum atomic E-state index is -0.356. The third-order valence-corrected chi connectivity index (χ3v) is 4.65. The van der Waals surface area contributed by atoms with Crippen molar-refractivity contribution < 1.29 is 19.1 Å². The quantitative estimate of drug-likeness (QED) is 0.492. The number of amides is 2. The van der Waals surface area contributed by atoms with E-state index in [1.807, 2.05) is 36.4 Å². The van der Waals surface area contributed by atoms with E-state index in [0.29, 0.717) is 30.2 Å². The monoisotopic (exact) mass is 408 g/mol. The molecule has 8 heteroatoms. The van der Waals surface area contributed by atoms with Crippen LogP contribution < -0.4 is 20.3 Å². The number of nitrogens with one attached hydrogen (secondary N) is 2. The molecule has 1 unspecified atom stereocenters. The predicted octanol–water partition coefficient (Wildman–Crippen LogP) is 2.63. The van der Waals surface area contributed by atoms with Crippen LogP contribution in [0.1, 0.15) is 30.9 Å². The fourth-order valence-electron chi connectivity index (χ4n) is 2.96. The first-order valence-corrected chi connectivity index (χ1v) is 9.57. The molecule has 0 fully saturated rings. The topological polar surface area (TPSA) is 101 Å². The summed E-state index contributed by atoms with van der Waals surface area (Å²) >= 11 is 0. The Morgan fingerprint density at radius 2 is 2.03 bits per heavy atom. The second-order valence-corrected chi connectivity index (χ2v) is 6.80. The van der Waals surface area contributed by atoms with Crippen LogP contribution in [-0.4, -0.2) is 30.9 Å². The zero-order valence-corrected chi connectivity index (χ0v) is 16.9. The van der Waals surface area contributed by atoms with Crippen molar-refractivity contribution in [3.63, 3.8) is 0 Å². The number of rotatable bonds is 9. The van der Waals surface area contributed by atoms with Gasteiger partial charge in [0.2, 0.25) is 11.8 Å². The molecule has 0 radical (unpaired) electrons. The molecule has 2 aromatic carbocycles. The van der Waals surface area contributed by atoms with Crippen molar-refractivity contribution in [2.24, 2.45) is 16.1 Å². The van der Waals surface area contributed by atoms with E-state index in [-0.39, 0.29) is 24.2 Å². The highest BCUT2D eigenvalue weighted by Gasteiger charge is 2.26. The number of benzene rings is 2. The van der Waals surface area contributed by atoms with Crippen molar-refractivity contribution in [2.45, 2.75) is 26.4 Å². The number of methoxy groups -OCH3 is 1. The van der Waals surface area contributed by atoms with Crippen molar-refractivity contribution in [1.29, 1.82) is 0 Å². The van der Waals surface area contributed by atoms with E-state index in [1.165, 1.54) is 6.21 Å². The first-order valence-electron chi connectivity index (χ1n) is 9.57. The molecule has 156 valence electrons. The summed E-state index contributed by atoms with van der Waals surface area (Å²) < 4.78 is 11.2. The summed E-state index contributed by atoms with van der Waals surface area (Å²) in [6.45, 7) is 2.17. The summed E-state index contributed by atoms with van der Waals surface area (Å²) in [6.07, 6.45) is 2.10. The number of nitrogens with zero attached hydrogens (tertiary/aromatic N) is 2. The molecule has 30 heavy (non-hydrogen) atoms. The van der Waals surface area contributed by atoms with Gasteiger partial charge in [-0.3, -0.25) is 9.59 Å². The van der Waals surface area contributed by atoms with E-state index >= 15 is 0 Å². The van der Waals surface area contributed by atoms with Crippen LogP contribution in [0.25, 0.3) is 0 Å². The van der Waals surface area contributed by atoms with Gasteiger partial charge in [0.25, 0.3) is 0 Å². The Kier molecular flexibility index (Phi) is 7.15. The molecule has 0 aliphatic carbocycles. The summed E-state index contributed by atoms with van der Waals surface area (Å²) in [6, 6.07) is 15.2. The number of hydrogen-bond donors (Lipinski definition) is 2. The van der Waals surface area contributed by atoms with Gasteiger partial charge in [0.05, 0.1) is 19.2 Å².